The van der Waals surface area contributed by atoms with Gasteiger partial charge >= 0.3 is 47.9 Å². The Kier molecular flexibility index (Phi) is 8.54. The van der Waals surface area contributed by atoms with Gasteiger partial charge in [0.1, 0.15) is 13.2 Å². The summed E-state index contributed by atoms with van der Waals surface area (Å²) < 4.78 is 242. The van der Waals surface area contributed by atoms with E-state index in [9.17, 15) is 79.0 Å². The van der Waals surface area contributed by atoms with E-state index in [4.69, 9.17) is 0 Å². The maximum absolute atomic E-state index is 13.4. The first kappa shape index (κ1) is 32.6. The zero-order chi connectivity index (χ0) is 28.9. The van der Waals surface area contributed by atoms with Crippen LogP contribution in [0.1, 0.15) is 0 Å². The summed E-state index contributed by atoms with van der Waals surface area (Å²) >= 11 is 0. The predicted octanol–water partition coefficient (Wildman–Crippen LogP) is 5.97. The summed E-state index contributed by atoms with van der Waals surface area (Å²) in [6.45, 7) is -10.0. The van der Waals surface area contributed by atoms with Crippen molar-refractivity contribution < 1.29 is 93.2 Å². The van der Waals surface area contributed by atoms with E-state index >= 15 is 0 Å². The lowest BCUT2D eigenvalue weighted by atomic mass is 9.88. The number of rotatable bonds is 12. The smallest absolute Gasteiger partial charge is 0.380 e. The van der Waals surface area contributed by atoms with E-state index in [0.29, 0.717) is 0 Å². The van der Waals surface area contributed by atoms with E-state index in [-0.39, 0.29) is 0 Å². The minimum Gasteiger partial charge on any atom is -0.380 e. The molecule has 0 spiro atoms. The van der Waals surface area contributed by atoms with Gasteiger partial charge in [-0.15, -0.1) is 0 Å². The fraction of sp³-hybridized carbons (Fsp3) is 1.00. The Morgan fingerprint density at radius 1 is 0.472 bits per heavy atom. The van der Waals surface area contributed by atoms with E-state index in [2.05, 4.69) is 14.2 Å². The first-order valence-electron chi connectivity index (χ1n) is 8.76. The summed E-state index contributed by atoms with van der Waals surface area (Å²) in [4.78, 5) is 0. The third kappa shape index (κ3) is 5.56. The lowest BCUT2D eigenvalue weighted by Crippen LogP contribution is -2.63. The molecule has 0 amide bonds. The quantitative estimate of drug-likeness (QED) is 0.266. The Morgan fingerprint density at radius 2 is 0.750 bits per heavy atom. The number of alkyl halides is 18. The lowest BCUT2D eigenvalue weighted by molar-refractivity contribution is -0.401. The maximum Gasteiger partial charge on any atom is 0.460 e. The summed E-state index contributed by atoms with van der Waals surface area (Å²) in [7, 11) is 0. The minimum atomic E-state index is -7.23. The molecule has 36 heavy (non-hydrogen) atoms. The third-order valence-corrected chi connectivity index (χ3v) is 4.62. The van der Waals surface area contributed by atoms with Crippen molar-refractivity contribution >= 4 is 0 Å². The molecule has 0 aromatic carbocycles. The molecule has 1 heterocycles. The van der Waals surface area contributed by atoms with Crippen molar-refractivity contribution in [2.24, 2.45) is 5.41 Å². The van der Waals surface area contributed by atoms with Crippen LogP contribution in [0.5, 0.6) is 0 Å². The second-order valence-corrected chi connectivity index (χ2v) is 7.68. The van der Waals surface area contributed by atoms with Crippen LogP contribution in [0.3, 0.4) is 0 Å². The van der Waals surface area contributed by atoms with E-state index in [1.54, 1.807) is 0 Å². The number of ether oxygens (including phenoxy) is 3. The van der Waals surface area contributed by atoms with E-state index in [1.807, 2.05) is 0 Å². The maximum atomic E-state index is 13.4. The number of halogens is 18. The molecule has 1 aliphatic heterocycles. The topological polar surface area (TPSA) is 27.7 Å². The van der Waals surface area contributed by atoms with Crippen LogP contribution in [0, 0.1) is 5.41 Å². The van der Waals surface area contributed by atoms with Crippen LogP contribution < -0.4 is 0 Å². The summed E-state index contributed by atoms with van der Waals surface area (Å²) in [5.74, 6) is -40.9. The van der Waals surface area contributed by atoms with Gasteiger partial charge in [-0.3, -0.25) is 0 Å². The van der Waals surface area contributed by atoms with Crippen LogP contribution in [0.25, 0.3) is 0 Å². The second kappa shape index (κ2) is 9.42. The molecule has 1 aliphatic rings. The van der Waals surface area contributed by atoms with E-state index < -0.39 is 92.9 Å². The standard InChI is InChI=1S/C15H12F18O3/c16-8(17,10(20,21)12(24,25)14(28,29)30)5-35-3-7(1-34-2-7)4-36-6-9(18,19)11(22,23)13(26,27)15(31,32)33/h1-6H2. The summed E-state index contributed by atoms with van der Waals surface area (Å²) in [6.07, 6.45) is -14.2. The number of hydrogen-bond donors (Lipinski definition) is 0. The Hall–Kier alpha value is -1.38. The van der Waals surface area contributed by atoms with Crippen LogP contribution in [0.2, 0.25) is 0 Å². The summed E-state index contributed by atoms with van der Waals surface area (Å²) in [5, 5.41) is 0. The fourth-order valence-electron chi connectivity index (χ4n) is 2.39. The van der Waals surface area contributed by atoms with Gasteiger partial charge < -0.3 is 14.2 Å². The van der Waals surface area contributed by atoms with Gasteiger partial charge in [-0.1, -0.05) is 0 Å². The van der Waals surface area contributed by atoms with Gasteiger partial charge in [-0.05, 0) is 0 Å². The van der Waals surface area contributed by atoms with Crippen molar-refractivity contribution in [2.45, 2.75) is 47.9 Å². The van der Waals surface area contributed by atoms with Crippen molar-refractivity contribution in [1.82, 2.24) is 0 Å². The van der Waals surface area contributed by atoms with Crippen LogP contribution >= 0.6 is 0 Å². The highest BCUT2D eigenvalue weighted by Gasteiger charge is 2.82. The molecule has 0 atom stereocenters. The van der Waals surface area contributed by atoms with Gasteiger partial charge in [0.15, 0.2) is 0 Å². The molecule has 0 bridgehead atoms. The molecule has 0 aromatic rings. The van der Waals surface area contributed by atoms with Crippen LogP contribution in [0.4, 0.5) is 79.0 Å². The molecule has 1 saturated heterocycles. The highest BCUT2D eigenvalue weighted by Crippen LogP contribution is 2.54. The minimum absolute atomic E-state index is 0.797. The van der Waals surface area contributed by atoms with Crippen LogP contribution in [-0.4, -0.2) is 87.5 Å². The zero-order valence-corrected chi connectivity index (χ0v) is 16.8. The van der Waals surface area contributed by atoms with Crippen LogP contribution in [-0.2, 0) is 14.2 Å². The molecule has 3 nitrogen and oxygen atoms in total. The Balaban J connectivity index is 2.82. The highest BCUT2D eigenvalue weighted by atomic mass is 19.4. The van der Waals surface area contributed by atoms with Crippen LogP contribution in [0.15, 0.2) is 0 Å². The van der Waals surface area contributed by atoms with Crippen molar-refractivity contribution in [2.75, 3.05) is 39.6 Å². The van der Waals surface area contributed by atoms with Crippen molar-refractivity contribution in [3.05, 3.63) is 0 Å². The monoisotopic (exact) mass is 582 g/mol. The first-order valence-corrected chi connectivity index (χ1v) is 8.76. The predicted molar refractivity (Wildman–Crippen MR) is 76.7 cm³/mol. The SMILES string of the molecule is FC(F)(F)C(F)(F)C(F)(F)C(F)(F)COCC1(COCC(F)(F)C(F)(F)C(F)(F)C(F)(F)F)COC1. The summed E-state index contributed by atoms with van der Waals surface area (Å²) in [5.41, 5.74) is -2.00. The molecule has 0 unspecified atom stereocenters. The van der Waals surface area contributed by atoms with Gasteiger partial charge in [-0.25, -0.2) is 0 Å². The molecule has 1 fully saturated rings. The molecule has 0 saturated carbocycles. The fourth-order valence-corrected chi connectivity index (χ4v) is 2.39. The second-order valence-electron chi connectivity index (χ2n) is 7.68. The number of hydrogen-bond acceptors (Lipinski definition) is 3. The average molecular weight is 582 g/mol. The normalized spacial score (nSPS) is 18.8. The molecular weight excluding hydrogens is 570 g/mol. The Labute approximate surface area is 187 Å². The molecule has 1 rings (SSSR count). The zero-order valence-electron chi connectivity index (χ0n) is 16.8. The van der Waals surface area contributed by atoms with E-state index in [0.717, 1.165) is 0 Å². The Bertz CT molecular complexity index is 694. The van der Waals surface area contributed by atoms with Gasteiger partial charge in [0.25, 0.3) is 0 Å². The van der Waals surface area contributed by atoms with Crippen molar-refractivity contribution in [3.8, 4) is 0 Å². The third-order valence-electron chi connectivity index (χ3n) is 4.62. The molecule has 0 aromatic heterocycles. The van der Waals surface area contributed by atoms with E-state index in [1.165, 1.54) is 0 Å². The Morgan fingerprint density at radius 3 is 0.944 bits per heavy atom. The van der Waals surface area contributed by atoms with Gasteiger partial charge in [0, 0.05) is 0 Å². The first-order chi connectivity index (χ1) is 15.6. The van der Waals surface area contributed by atoms with Gasteiger partial charge in [0.05, 0.1) is 31.8 Å². The molecule has 0 radical (unpaired) electrons. The molecule has 0 aliphatic carbocycles. The molecular formula is C15H12F18O3. The van der Waals surface area contributed by atoms with Crippen molar-refractivity contribution in [1.29, 1.82) is 0 Å². The molecule has 216 valence electrons. The average Bonchev–Trinajstić information content (AvgIpc) is 2.62. The molecule has 0 N–H and O–H groups in total. The lowest BCUT2D eigenvalue weighted by Gasteiger charge is -2.42. The van der Waals surface area contributed by atoms with Gasteiger partial charge in [0.2, 0.25) is 0 Å². The largest absolute Gasteiger partial charge is 0.460 e. The van der Waals surface area contributed by atoms with Gasteiger partial charge in [-0.2, -0.15) is 79.0 Å². The highest BCUT2D eigenvalue weighted by molar-refractivity contribution is 5.01. The van der Waals surface area contributed by atoms with Crippen molar-refractivity contribution in [3.63, 3.8) is 0 Å². The molecule has 21 heteroatoms. The summed E-state index contributed by atoms with van der Waals surface area (Å²) in [6, 6.07) is 0.